The van der Waals surface area contributed by atoms with Gasteiger partial charge in [0.2, 0.25) is 0 Å². The van der Waals surface area contributed by atoms with Gasteiger partial charge in [-0.15, -0.1) is 0 Å². The number of likely N-dealkylation sites (N-methyl/N-ethyl adjacent to an activating group) is 2. The van der Waals surface area contributed by atoms with Gasteiger partial charge in [-0.25, -0.2) is 0 Å². The predicted molar refractivity (Wildman–Crippen MR) is 56.8 cm³/mol. The number of rotatable bonds is 4. The third-order valence-electron chi connectivity index (χ3n) is 2.21. The first-order valence-corrected chi connectivity index (χ1v) is 4.61. The van der Waals surface area contributed by atoms with Crippen molar-refractivity contribution in [3.63, 3.8) is 0 Å². The fourth-order valence-electron chi connectivity index (χ4n) is 1.47. The summed E-state index contributed by atoms with van der Waals surface area (Å²) in [7, 11) is 6.20. The molecule has 0 spiro atoms. The maximum absolute atomic E-state index is 3.21. The van der Waals surface area contributed by atoms with Gasteiger partial charge >= 0.3 is 0 Å². The van der Waals surface area contributed by atoms with E-state index in [9.17, 15) is 0 Å². The zero-order chi connectivity index (χ0) is 9.68. The van der Waals surface area contributed by atoms with Crippen molar-refractivity contribution in [3.8, 4) is 0 Å². The molecule has 0 unspecified atom stereocenters. The molecule has 72 valence electrons. The van der Waals surface area contributed by atoms with Crippen LogP contribution in [0.5, 0.6) is 0 Å². The minimum absolute atomic E-state index is 0.464. The molecule has 0 aliphatic heterocycles. The second kappa shape index (κ2) is 5.00. The standard InChI is InChI=1S/C11H18N2/c1-12-9-11(13(2)3)10-7-5-4-6-8-10/h4-8,11-12H,9H2,1-3H3/t11-/m0/s1. The Hall–Kier alpha value is -0.860. The van der Waals surface area contributed by atoms with Gasteiger partial charge in [0, 0.05) is 12.6 Å². The van der Waals surface area contributed by atoms with E-state index in [1.165, 1.54) is 5.56 Å². The summed E-state index contributed by atoms with van der Waals surface area (Å²) in [5.41, 5.74) is 1.36. The van der Waals surface area contributed by atoms with Gasteiger partial charge in [-0.3, -0.25) is 0 Å². The van der Waals surface area contributed by atoms with Gasteiger partial charge in [0.1, 0.15) is 0 Å². The third kappa shape index (κ3) is 2.83. The van der Waals surface area contributed by atoms with Crippen molar-refractivity contribution < 1.29 is 0 Å². The smallest absolute Gasteiger partial charge is 0.0466 e. The van der Waals surface area contributed by atoms with Crippen LogP contribution in [0.2, 0.25) is 0 Å². The van der Waals surface area contributed by atoms with Crippen LogP contribution in [0.4, 0.5) is 0 Å². The van der Waals surface area contributed by atoms with Crippen LogP contribution in [-0.4, -0.2) is 32.6 Å². The number of nitrogens with zero attached hydrogens (tertiary/aromatic N) is 1. The molecule has 2 nitrogen and oxygen atoms in total. The van der Waals surface area contributed by atoms with Crippen molar-refractivity contribution in [3.05, 3.63) is 35.9 Å². The molecule has 0 aromatic heterocycles. The highest BCUT2D eigenvalue weighted by Gasteiger charge is 2.11. The molecular weight excluding hydrogens is 160 g/mol. The highest BCUT2D eigenvalue weighted by molar-refractivity contribution is 5.19. The maximum atomic E-state index is 3.21. The number of benzene rings is 1. The van der Waals surface area contributed by atoms with Gasteiger partial charge < -0.3 is 10.2 Å². The van der Waals surface area contributed by atoms with Crippen molar-refractivity contribution in [2.75, 3.05) is 27.7 Å². The van der Waals surface area contributed by atoms with E-state index in [0.29, 0.717) is 6.04 Å². The average molecular weight is 178 g/mol. The molecule has 1 aromatic carbocycles. The van der Waals surface area contributed by atoms with Crippen LogP contribution in [0, 0.1) is 0 Å². The Labute approximate surface area is 80.6 Å². The highest BCUT2D eigenvalue weighted by Crippen LogP contribution is 2.16. The summed E-state index contributed by atoms with van der Waals surface area (Å²) in [5, 5.41) is 3.21. The van der Waals surface area contributed by atoms with Crippen molar-refractivity contribution >= 4 is 0 Å². The summed E-state index contributed by atoms with van der Waals surface area (Å²) in [6, 6.07) is 11.0. The summed E-state index contributed by atoms with van der Waals surface area (Å²) in [4.78, 5) is 2.23. The second-order valence-corrected chi connectivity index (χ2v) is 3.45. The fourth-order valence-corrected chi connectivity index (χ4v) is 1.47. The lowest BCUT2D eigenvalue weighted by Crippen LogP contribution is -2.29. The van der Waals surface area contributed by atoms with Gasteiger partial charge in [0.25, 0.3) is 0 Å². The van der Waals surface area contributed by atoms with Crippen molar-refractivity contribution in [2.24, 2.45) is 0 Å². The highest BCUT2D eigenvalue weighted by atomic mass is 15.1. The third-order valence-corrected chi connectivity index (χ3v) is 2.21. The van der Waals surface area contributed by atoms with Crippen LogP contribution < -0.4 is 5.32 Å². The Morgan fingerprint density at radius 3 is 2.31 bits per heavy atom. The molecule has 2 heteroatoms. The van der Waals surface area contributed by atoms with Gasteiger partial charge in [-0.1, -0.05) is 30.3 Å². The summed E-state index contributed by atoms with van der Waals surface area (Å²) >= 11 is 0. The summed E-state index contributed by atoms with van der Waals surface area (Å²) < 4.78 is 0. The summed E-state index contributed by atoms with van der Waals surface area (Å²) in [6.45, 7) is 0.983. The zero-order valence-corrected chi connectivity index (χ0v) is 8.62. The van der Waals surface area contributed by atoms with Gasteiger partial charge in [-0.2, -0.15) is 0 Å². The second-order valence-electron chi connectivity index (χ2n) is 3.45. The average Bonchev–Trinajstić information content (AvgIpc) is 2.15. The topological polar surface area (TPSA) is 15.3 Å². The number of nitrogens with one attached hydrogen (secondary N) is 1. The van der Waals surface area contributed by atoms with E-state index in [2.05, 4.69) is 54.6 Å². The van der Waals surface area contributed by atoms with E-state index in [0.717, 1.165) is 6.54 Å². The van der Waals surface area contributed by atoms with Crippen LogP contribution in [0.15, 0.2) is 30.3 Å². The molecule has 0 fully saturated rings. The molecule has 13 heavy (non-hydrogen) atoms. The molecule has 0 bridgehead atoms. The van der Waals surface area contributed by atoms with Crippen LogP contribution in [0.25, 0.3) is 0 Å². The van der Waals surface area contributed by atoms with E-state index in [1.54, 1.807) is 0 Å². The normalized spacial score (nSPS) is 13.2. The molecule has 0 saturated heterocycles. The first kappa shape index (κ1) is 10.2. The Balaban J connectivity index is 2.76. The summed E-state index contributed by atoms with van der Waals surface area (Å²) in [5.74, 6) is 0. The molecule has 0 radical (unpaired) electrons. The Morgan fingerprint density at radius 1 is 1.23 bits per heavy atom. The molecule has 1 rings (SSSR count). The Bertz CT molecular complexity index is 231. The number of hydrogen-bond donors (Lipinski definition) is 1. The lowest BCUT2D eigenvalue weighted by atomic mass is 10.1. The molecule has 1 atom stereocenters. The van der Waals surface area contributed by atoms with Crippen LogP contribution >= 0.6 is 0 Å². The molecular formula is C11H18N2. The van der Waals surface area contributed by atoms with Gasteiger partial charge in [0.05, 0.1) is 0 Å². The summed E-state index contributed by atoms with van der Waals surface area (Å²) in [6.07, 6.45) is 0. The van der Waals surface area contributed by atoms with E-state index < -0.39 is 0 Å². The molecule has 0 amide bonds. The van der Waals surface area contributed by atoms with E-state index in [-0.39, 0.29) is 0 Å². The van der Waals surface area contributed by atoms with Crippen molar-refractivity contribution in [1.82, 2.24) is 10.2 Å². The fraction of sp³-hybridized carbons (Fsp3) is 0.455. The predicted octanol–water partition coefficient (Wildman–Crippen LogP) is 1.51. The molecule has 0 aliphatic rings. The molecule has 0 saturated carbocycles. The minimum atomic E-state index is 0.464. The minimum Gasteiger partial charge on any atom is -0.318 e. The van der Waals surface area contributed by atoms with Crippen LogP contribution in [-0.2, 0) is 0 Å². The first-order valence-electron chi connectivity index (χ1n) is 4.61. The van der Waals surface area contributed by atoms with E-state index in [1.807, 2.05) is 7.05 Å². The van der Waals surface area contributed by atoms with Gasteiger partial charge in [0.15, 0.2) is 0 Å². The Morgan fingerprint density at radius 2 is 1.85 bits per heavy atom. The van der Waals surface area contributed by atoms with Crippen LogP contribution in [0.1, 0.15) is 11.6 Å². The lowest BCUT2D eigenvalue weighted by Gasteiger charge is -2.24. The van der Waals surface area contributed by atoms with E-state index in [4.69, 9.17) is 0 Å². The maximum Gasteiger partial charge on any atom is 0.0466 e. The molecule has 1 N–H and O–H groups in total. The van der Waals surface area contributed by atoms with Crippen LogP contribution in [0.3, 0.4) is 0 Å². The first-order chi connectivity index (χ1) is 6.25. The lowest BCUT2D eigenvalue weighted by molar-refractivity contribution is 0.294. The molecule has 1 aromatic rings. The molecule has 0 aliphatic carbocycles. The monoisotopic (exact) mass is 178 g/mol. The van der Waals surface area contributed by atoms with E-state index >= 15 is 0 Å². The quantitative estimate of drug-likeness (QED) is 0.752. The molecule has 0 heterocycles. The zero-order valence-electron chi connectivity index (χ0n) is 8.62. The largest absolute Gasteiger partial charge is 0.318 e. The SMILES string of the molecule is CNC[C@@H](c1ccccc1)N(C)C. The van der Waals surface area contributed by atoms with Crippen molar-refractivity contribution in [2.45, 2.75) is 6.04 Å². The Kier molecular flexibility index (Phi) is 3.93. The van der Waals surface area contributed by atoms with Gasteiger partial charge in [-0.05, 0) is 26.7 Å². The number of hydrogen-bond acceptors (Lipinski definition) is 2. The van der Waals surface area contributed by atoms with Crippen molar-refractivity contribution in [1.29, 1.82) is 0 Å².